The van der Waals surface area contributed by atoms with Crippen molar-refractivity contribution in [2.45, 2.75) is 20.0 Å². The van der Waals surface area contributed by atoms with E-state index in [1.807, 2.05) is 0 Å². The van der Waals surface area contributed by atoms with Crippen LogP contribution in [0.2, 0.25) is 5.02 Å². The van der Waals surface area contributed by atoms with Gasteiger partial charge in [0.2, 0.25) is 0 Å². The van der Waals surface area contributed by atoms with Gasteiger partial charge in [-0.25, -0.2) is 9.80 Å². The Morgan fingerprint density at radius 2 is 1.94 bits per heavy atom. The normalized spacial score (nSPS) is 14.7. The lowest BCUT2D eigenvalue weighted by Crippen LogP contribution is -2.35. The van der Waals surface area contributed by atoms with Crippen LogP contribution in [-0.2, 0) is 19.1 Å². The Bertz CT molecular complexity index is 1090. The molecule has 1 fully saturated rings. The number of carbonyl (C=O) groups is 3. The van der Waals surface area contributed by atoms with Crippen LogP contribution in [0.15, 0.2) is 46.4 Å². The van der Waals surface area contributed by atoms with Crippen LogP contribution in [0.5, 0.6) is 11.5 Å². The number of hydrazine groups is 1. The van der Waals surface area contributed by atoms with Crippen LogP contribution in [0, 0.1) is 0 Å². The molecule has 0 radical (unpaired) electrons. The van der Waals surface area contributed by atoms with Gasteiger partial charge in [0.1, 0.15) is 10.6 Å². The van der Waals surface area contributed by atoms with E-state index in [-0.39, 0.29) is 34.8 Å². The van der Waals surface area contributed by atoms with Crippen molar-refractivity contribution in [1.82, 2.24) is 5.43 Å². The van der Waals surface area contributed by atoms with Gasteiger partial charge in [-0.05, 0) is 59.6 Å². The molecule has 0 bridgehead atoms. The van der Waals surface area contributed by atoms with Gasteiger partial charge in [-0.1, -0.05) is 29.8 Å². The van der Waals surface area contributed by atoms with Gasteiger partial charge in [-0.2, -0.15) is 0 Å². The summed E-state index contributed by atoms with van der Waals surface area (Å²) >= 11 is 9.79. The minimum atomic E-state index is -0.560. The highest BCUT2D eigenvalue weighted by Crippen LogP contribution is 2.43. The SMILES string of the molecule is COc1cc(/C=C2/C(=O)NN(c3ccccc3)C2=O)c(Br)c(Cl)c1OCC(=O)OC(C)C. The second kappa shape index (κ2) is 10.1. The maximum atomic E-state index is 12.8. The number of ether oxygens (including phenoxy) is 3. The molecule has 0 saturated carbocycles. The van der Waals surface area contributed by atoms with Gasteiger partial charge < -0.3 is 14.2 Å². The molecule has 2 aromatic carbocycles. The molecule has 0 unspecified atom stereocenters. The van der Waals surface area contributed by atoms with E-state index in [0.29, 0.717) is 15.7 Å². The van der Waals surface area contributed by atoms with E-state index >= 15 is 0 Å². The Morgan fingerprint density at radius 3 is 2.56 bits per heavy atom. The molecule has 0 aromatic heterocycles. The number of hydrogen-bond donors (Lipinski definition) is 1. The molecule has 0 aliphatic carbocycles. The lowest BCUT2D eigenvalue weighted by Gasteiger charge is -2.15. The summed E-state index contributed by atoms with van der Waals surface area (Å²) in [5.41, 5.74) is 3.39. The van der Waals surface area contributed by atoms with E-state index < -0.39 is 17.8 Å². The van der Waals surface area contributed by atoms with Gasteiger partial charge in [0.15, 0.2) is 18.1 Å². The summed E-state index contributed by atoms with van der Waals surface area (Å²) < 4.78 is 16.2. The second-order valence-electron chi connectivity index (χ2n) is 6.93. The fourth-order valence-corrected chi connectivity index (χ4v) is 3.56. The van der Waals surface area contributed by atoms with E-state index in [4.69, 9.17) is 25.8 Å². The third kappa shape index (κ3) is 5.05. The summed E-state index contributed by atoms with van der Waals surface area (Å²) in [7, 11) is 1.40. The van der Waals surface area contributed by atoms with Crippen LogP contribution in [0.25, 0.3) is 6.08 Å². The zero-order valence-corrected chi connectivity index (χ0v) is 19.8. The molecule has 2 amide bonds. The maximum Gasteiger partial charge on any atom is 0.344 e. The molecule has 2 aromatic rings. The molecular formula is C22H20BrClN2O6. The summed E-state index contributed by atoms with van der Waals surface area (Å²) in [6.07, 6.45) is 1.12. The number of nitrogens with zero attached hydrogens (tertiary/aromatic N) is 1. The number of hydrogen-bond acceptors (Lipinski definition) is 6. The van der Waals surface area contributed by atoms with Gasteiger partial charge in [-0.3, -0.25) is 15.0 Å². The van der Waals surface area contributed by atoms with Crippen molar-refractivity contribution in [3.05, 3.63) is 57.0 Å². The molecule has 168 valence electrons. The van der Waals surface area contributed by atoms with Crippen molar-refractivity contribution in [1.29, 1.82) is 0 Å². The first kappa shape index (κ1) is 23.6. The largest absolute Gasteiger partial charge is 0.493 e. The number of halogens is 2. The fourth-order valence-electron chi connectivity index (χ4n) is 2.90. The predicted molar refractivity (Wildman–Crippen MR) is 122 cm³/mol. The molecule has 8 nitrogen and oxygen atoms in total. The highest BCUT2D eigenvalue weighted by molar-refractivity contribution is 9.10. The molecule has 1 aliphatic rings. The van der Waals surface area contributed by atoms with Crippen LogP contribution < -0.4 is 19.9 Å². The summed E-state index contributed by atoms with van der Waals surface area (Å²) in [4.78, 5) is 37.1. The number of anilines is 1. The predicted octanol–water partition coefficient (Wildman–Crippen LogP) is 3.90. The average molecular weight is 524 g/mol. The number of carbonyl (C=O) groups excluding carboxylic acids is 3. The Hall–Kier alpha value is -3.04. The molecule has 1 heterocycles. The molecule has 1 saturated heterocycles. The van der Waals surface area contributed by atoms with Gasteiger partial charge >= 0.3 is 5.97 Å². The Kier molecular flexibility index (Phi) is 7.42. The Balaban J connectivity index is 1.91. The summed E-state index contributed by atoms with van der Waals surface area (Å²) in [5.74, 6) is -1.29. The van der Waals surface area contributed by atoms with Crippen molar-refractivity contribution in [2.75, 3.05) is 18.7 Å². The van der Waals surface area contributed by atoms with Gasteiger partial charge in [0.25, 0.3) is 11.8 Å². The first-order valence-electron chi connectivity index (χ1n) is 9.53. The number of para-hydroxylation sites is 1. The third-order valence-corrected chi connectivity index (χ3v) is 5.73. The molecule has 1 N–H and O–H groups in total. The van der Waals surface area contributed by atoms with Gasteiger partial charge in [0.05, 0.1) is 18.9 Å². The zero-order valence-electron chi connectivity index (χ0n) is 17.5. The maximum absolute atomic E-state index is 12.8. The molecule has 1 aliphatic heterocycles. The van der Waals surface area contributed by atoms with Crippen molar-refractivity contribution in [2.24, 2.45) is 0 Å². The van der Waals surface area contributed by atoms with E-state index in [0.717, 1.165) is 0 Å². The van der Waals surface area contributed by atoms with Crippen molar-refractivity contribution >= 4 is 57.1 Å². The average Bonchev–Trinajstić information content (AvgIpc) is 3.04. The summed E-state index contributed by atoms with van der Waals surface area (Å²) in [6.45, 7) is 3.08. The van der Waals surface area contributed by atoms with Gasteiger partial charge in [0, 0.05) is 4.47 Å². The van der Waals surface area contributed by atoms with Crippen LogP contribution in [-0.4, -0.2) is 37.6 Å². The van der Waals surface area contributed by atoms with E-state index in [1.165, 1.54) is 24.3 Å². The monoisotopic (exact) mass is 522 g/mol. The lowest BCUT2D eigenvalue weighted by molar-refractivity contribution is -0.149. The smallest absolute Gasteiger partial charge is 0.344 e. The Labute approximate surface area is 198 Å². The van der Waals surface area contributed by atoms with Crippen LogP contribution in [0.4, 0.5) is 5.69 Å². The zero-order chi connectivity index (χ0) is 23.4. The highest BCUT2D eigenvalue weighted by Gasteiger charge is 2.34. The van der Waals surface area contributed by atoms with Crippen molar-refractivity contribution in [3.8, 4) is 11.5 Å². The van der Waals surface area contributed by atoms with Crippen LogP contribution >= 0.6 is 27.5 Å². The minimum absolute atomic E-state index is 0.0816. The number of methoxy groups -OCH3 is 1. The molecule has 0 atom stereocenters. The number of benzene rings is 2. The molecule has 32 heavy (non-hydrogen) atoms. The van der Waals surface area contributed by atoms with E-state index in [1.54, 1.807) is 44.2 Å². The number of amides is 2. The topological polar surface area (TPSA) is 94.2 Å². The molecule has 10 heteroatoms. The van der Waals surface area contributed by atoms with Crippen LogP contribution in [0.3, 0.4) is 0 Å². The first-order valence-corrected chi connectivity index (χ1v) is 10.7. The number of nitrogens with one attached hydrogen (secondary N) is 1. The first-order chi connectivity index (χ1) is 15.2. The second-order valence-corrected chi connectivity index (χ2v) is 8.10. The fraction of sp³-hybridized carbons (Fsp3) is 0.227. The van der Waals surface area contributed by atoms with Gasteiger partial charge in [-0.15, -0.1) is 0 Å². The summed E-state index contributed by atoms with van der Waals surface area (Å²) in [6, 6.07) is 10.3. The van der Waals surface area contributed by atoms with Crippen LogP contribution in [0.1, 0.15) is 19.4 Å². The van der Waals surface area contributed by atoms with Crippen molar-refractivity contribution in [3.63, 3.8) is 0 Å². The molecule has 0 spiro atoms. The van der Waals surface area contributed by atoms with E-state index in [9.17, 15) is 14.4 Å². The minimum Gasteiger partial charge on any atom is -0.493 e. The molecule has 3 rings (SSSR count). The molecular weight excluding hydrogens is 504 g/mol. The number of esters is 1. The highest BCUT2D eigenvalue weighted by atomic mass is 79.9. The number of rotatable bonds is 7. The quantitative estimate of drug-likeness (QED) is 0.336. The van der Waals surface area contributed by atoms with E-state index in [2.05, 4.69) is 21.4 Å². The van der Waals surface area contributed by atoms with Crippen molar-refractivity contribution < 1.29 is 28.6 Å². The standard InChI is InChI=1S/C22H20BrClN2O6/c1-12(2)32-17(27)11-31-20-16(30-3)10-13(18(23)19(20)24)9-15-21(28)25-26(22(15)29)14-7-5-4-6-8-14/h4-10,12H,11H2,1-3H3,(H,25,28)/b15-9-. The third-order valence-electron chi connectivity index (χ3n) is 4.28. The Morgan fingerprint density at radius 1 is 1.25 bits per heavy atom. The lowest BCUT2D eigenvalue weighted by atomic mass is 10.1. The summed E-state index contributed by atoms with van der Waals surface area (Å²) in [5, 5.41) is 1.28.